The molecule has 1 aromatic heterocycles. The molecular formula is C15H14F3N3O3. The molecule has 2 aromatic rings. The van der Waals surface area contributed by atoms with Crippen LogP contribution in [0.4, 0.5) is 13.2 Å². The molecule has 0 bridgehead atoms. The van der Waals surface area contributed by atoms with Crippen molar-refractivity contribution in [2.75, 3.05) is 6.54 Å². The SMILES string of the molecule is Cc1ccc(-n2nccc(C(=O)NCC(O)C(F)(F)F)c2=O)cc1. The van der Waals surface area contributed by atoms with Gasteiger partial charge in [0.05, 0.1) is 12.2 Å². The van der Waals surface area contributed by atoms with Crippen LogP contribution in [-0.4, -0.2) is 39.6 Å². The summed E-state index contributed by atoms with van der Waals surface area (Å²) in [5.74, 6) is -1.02. The van der Waals surface area contributed by atoms with Gasteiger partial charge in [0, 0.05) is 6.20 Å². The van der Waals surface area contributed by atoms with Crippen LogP contribution in [0.15, 0.2) is 41.3 Å². The molecule has 24 heavy (non-hydrogen) atoms. The number of hydrogen-bond acceptors (Lipinski definition) is 4. The number of aliphatic hydroxyl groups is 1. The monoisotopic (exact) mass is 341 g/mol. The van der Waals surface area contributed by atoms with Crippen molar-refractivity contribution in [3.8, 4) is 5.69 Å². The highest BCUT2D eigenvalue weighted by atomic mass is 19.4. The quantitative estimate of drug-likeness (QED) is 0.875. The maximum atomic E-state index is 12.3. The first-order chi connectivity index (χ1) is 11.2. The lowest BCUT2D eigenvalue weighted by Gasteiger charge is -2.15. The minimum Gasteiger partial charge on any atom is -0.382 e. The first-order valence-electron chi connectivity index (χ1n) is 6.88. The molecule has 0 radical (unpaired) electrons. The average molecular weight is 341 g/mol. The van der Waals surface area contributed by atoms with Crippen molar-refractivity contribution in [3.63, 3.8) is 0 Å². The van der Waals surface area contributed by atoms with Crippen molar-refractivity contribution < 1.29 is 23.1 Å². The minimum atomic E-state index is -4.85. The number of nitrogens with one attached hydrogen (secondary N) is 1. The van der Waals surface area contributed by atoms with Crippen LogP contribution in [0, 0.1) is 6.92 Å². The van der Waals surface area contributed by atoms with Gasteiger partial charge in [-0.15, -0.1) is 0 Å². The molecule has 128 valence electrons. The number of carbonyl (C=O) groups excluding carboxylic acids is 1. The number of carbonyl (C=O) groups is 1. The second kappa shape index (κ2) is 6.83. The number of aromatic nitrogens is 2. The maximum absolute atomic E-state index is 12.3. The number of alkyl halides is 3. The number of halogens is 3. The molecule has 0 spiro atoms. The molecule has 9 heteroatoms. The van der Waals surface area contributed by atoms with Gasteiger partial charge in [0.15, 0.2) is 6.10 Å². The fraction of sp³-hybridized carbons (Fsp3) is 0.267. The zero-order valence-electron chi connectivity index (χ0n) is 12.5. The number of aryl methyl sites for hydroxylation is 1. The van der Waals surface area contributed by atoms with E-state index in [1.807, 2.05) is 12.2 Å². The molecule has 1 heterocycles. The molecule has 0 saturated heterocycles. The van der Waals surface area contributed by atoms with Gasteiger partial charge in [-0.2, -0.15) is 23.0 Å². The Hall–Kier alpha value is -2.68. The van der Waals surface area contributed by atoms with Crippen LogP contribution in [0.25, 0.3) is 5.69 Å². The number of amides is 1. The molecule has 0 aliphatic carbocycles. The van der Waals surface area contributed by atoms with E-state index in [4.69, 9.17) is 5.11 Å². The van der Waals surface area contributed by atoms with Gasteiger partial charge in [-0.25, -0.2) is 0 Å². The Morgan fingerprint density at radius 1 is 1.29 bits per heavy atom. The van der Waals surface area contributed by atoms with Gasteiger partial charge in [0.25, 0.3) is 11.5 Å². The van der Waals surface area contributed by atoms with Crippen LogP contribution >= 0.6 is 0 Å². The molecule has 0 saturated carbocycles. The second-order valence-electron chi connectivity index (χ2n) is 5.06. The molecule has 2 rings (SSSR count). The van der Waals surface area contributed by atoms with Crippen molar-refractivity contribution in [1.29, 1.82) is 0 Å². The van der Waals surface area contributed by atoms with E-state index >= 15 is 0 Å². The standard InChI is InChI=1S/C15H14F3N3O3/c1-9-2-4-10(5-3-9)21-14(24)11(6-7-20-21)13(23)19-8-12(22)15(16,17)18/h2-7,12,22H,8H2,1H3,(H,19,23). The summed E-state index contributed by atoms with van der Waals surface area (Å²) in [4.78, 5) is 24.2. The summed E-state index contributed by atoms with van der Waals surface area (Å²) in [7, 11) is 0. The highest BCUT2D eigenvalue weighted by molar-refractivity contribution is 5.93. The molecule has 0 fully saturated rings. The van der Waals surface area contributed by atoms with E-state index in [0.29, 0.717) is 5.69 Å². The molecule has 0 aliphatic heterocycles. The van der Waals surface area contributed by atoms with Crippen molar-refractivity contribution >= 4 is 5.91 Å². The normalized spacial score (nSPS) is 12.7. The van der Waals surface area contributed by atoms with Crippen molar-refractivity contribution in [3.05, 3.63) is 58.0 Å². The van der Waals surface area contributed by atoms with Crippen molar-refractivity contribution in [2.45, 2.75) is 19.2 Å². The minimum absolute atomic E-state index is 0.375. The highest BCUT2D eigenvalue weighted by Crippen LogP contribution is 2.19. The average Bonchev–Trinajstić information content (AvgIpc) is 2.52. The smallest absolute Gasteiger partial charge is 0.382 e. The predicted molar refractivity (Wildman–Crippen MR) is 79.0 cm³/mol. The molecule has 2 N–H and O–H groups in total. The van der Waals surface area contributed by atoms with Gasteiger partial charge in [0.2, 0.25) is 0 Å². The van der Waals surface area contributed by atoms with Crippen LogP contribution in [-0.2, 0) is 0 Å². The van der Waals surface area contributed by atoms with E-state index in [9.17, 15) is 22.8 Å². The molecule has 1 aromatic carbocycles. The summed E-state index contributed by atoms with van der Waals surface area (Å²) in [6.07, 6.45) is -6.37. The zero-order valence-corrected chi connectivity index (χ0v) is 12.5. The molecule has 1 unspecified atom stereocenters. The summed E-state index contributed by atoms with van der Waals surface area (Å²) < 4.78 is 37.6. The Labute approximate surface area is 134 Å². The largest absolute Gasteiger partial charge is 0.416 e. The second-order valence-corrected chi connectivity index (χ2v) is 5.06. The Morgan fingerprint density at radius 3 is 2.50 bits per heavy atom. The summed E-state index contributed by atoms with van der Waals surface area (Å²) in [6.45, 7) is 0.810. The number of aliphatic hydroxyl groups excluding tert-OH is 1. The maximum Gasteiger partial charge on any atom is 0.416 e. The van der Waals surface area contributed by atoms with E-state index in [0.717, 1.165) is 16.3 Å². The van der Waals surface area contributed by atoms with Crippen LogP contribution in [0.3, 0.4) is 0 Å². The molecule has 1 amide bonds. The van der Waals surface area contributed by atoms with Gasteiger partial charge in [0.1, 0.15) is 5.56 Å². The number of rotatable bonds is 4. The third-order valence-corrected chi connectivity index (χ3v) is 3.20. The van der Waals surface area contributed by atoms with Gasteiger partial charge in [-0.1, -0.05) is 17.7 Å². The first-order valence-corrected chi connectivity index (χ1v) is 6.88. The summed E-state index contributed by atoms with van der Waals surface area (Å²) in [5.41, 5.74) is 0.220. The van der Waals surface area contributed by atoms with E-state index in [1.54, 1.807) is 24.3 Å². The zero-order chi connectivity index (χ0) is 17.9. The third-order valence-electron chi connectivity index (χ3n) is 3.20. The molecule has 0 aliphatic rings. The summed E-state index contributed by atoms with van der Waals surface area (Å²) >= 11 is 0. The Morgan fingerprint density at radius 2 is 1.92 bits per heavy atom. The van der Waals surface area contributed by atoms with Crippen LogP contribution in [0.5, 0.6) is 0 Å². The third kappa shape index (κ3) is 3.99. The van der Waals surface area contributed by atoms with E-state index in [1.165, 1.54) is 6.20 Å². The van der Waals surface area contributed by atoms with Crippen LogP contribution < -0.4 is 10.9 Å². The van der Waals surface area contributed by atoms with Gasteiger partial charge in [-0.05, 0) is 25.1 Å². The Bertz CT molecular complexity index is 785. The predicted octanol–water partition coefficient (Wildman–Crippen LogP) is 1.19. The fourth-order valence-corrected chi connectivity index (χ4v) is 1.86. The van der Waals surface area contributed by atoms with E-state index in [2.05, 4.69) is 5.10 Å². The molecule has 1 atom stereocenters. The van der Waals surface area contributed by atoms with E-state index in [-0.39, 0.29) is 5.56 Å². The highest BCUT2D eigenvalue weighted by Gasteiger charge is 2.38. The lowest BCUT2D eigenvalue weighted by atomic mass is 10.2. The summed E-state index contributed by atoms with van der Waals surface area (Å²) in [6, 6.07) is 7.84. The topological polar surface area (TPSA) is 84.2 Å². The first kappa shape index (κ1) is 17.7. The fourth-order valence-electron chi connectivity index (χ4n) is 1.86. The number of benzene rings is 1. The molecular weight excluding hydrogens is 327 g/mol. The molecule has 6 nitrogen and oxygen atoms in total. The van der Waals surface area contributed by atoms with Crippen molar-refractivity contribution in [2.24, 2.45) is 0 Å². The number of hydrogen-bond donors (Lipinski definition) is 2. The van der Waals surface area contributed by atoms with Crippen LogP contribution in [0.2, 0.25) is 0 Å². The Kier molecular flexibility index (Phi) is 5.03. The lowest BCUT2D eigenvalue weighted by molar-refractivity contribution is -0.201. The van der Waals surface area contributed by atoms with Gasteiger partial charge < -0.3 is 10.4 Å². The van der Waals surface area contributed by atoms with Gasteiger partial charge in [-0.3, -0.25) is 9.59 Å². The van der Waals surface area contributed by atoms with Crippen LogP contribution in [0.1, 0.15) is 15.9 Å². The summed E-state index contributed by atoms with van der Waals surface area (Å²) in [5, 5.41) is 14.6. The van der Waals surface area contributed by atoms with Gasteiger partial charge >= 0.3 is 6.18 Å². The Balaban J connectivity index is 2.23. The van der Waals surface area contributed by atoms with E-state index < -0.39 is 30.3 Å². The lowest BCUT2D eigenvalue weighted by Crippen LogP contribution is -2.42. The van der Waals surface area contributed by atoms with Crippen molar-refractivity contribution in [1.82, 2.24) is 15.1 Å². The number of nitrogens with zero attached hydrogens (tertiary/aromatic N) is 2.